The van der Waals surface area contributed by atoms with Gasteiger partial charge in [0, 0.05) is 23.1 Å². The number of benzene rings is 1. The second-order valence-electron chi connectivity index (χ2n) is 5.34. The molecular weight excluding hydrogens is 292 g/mol. The molecule has 3 nitrogen and oxygen atoms in total. The van der Waals surface area contributed by atoms with Gasteiger partial charge < -0.3 is 10.6 Å². The molecular formula is C14H21BrN2O. The van der Waals surface area contributed by atoms with Crippen LogP contribution in [-0.4, -0.2) is 26.0 Å². The number of hydrogen-bond acceptors (Lipinski definition) is 2. The van der Waals surface area contributed by atoms with E-state index in [9.17, 15) is 4.79 Å². The van der Waals surface area contributed by atoms with Gasteiger partial charge in [-0.1, -0.05) is 35.8 Å². The maximum absolute atomic E-state index is 12.1. The van der Waals surface area contributed by atoms with Gasteiger partial charge in [0.2, 0.25) is 0 Å². The average molecular weight is 313 g/mol. The van der Waals surface area contributed by atoms with Crippen LogP contribution in [-0.2, 0) is 0 Å². The monoisotopic (exact) mass is 312 g/mol. The van der Waals surface area contributed by atoms with E-state index < -0.39 is 0 Å². The molecule has 0 atom stereocenters. The van der Waals surface area contributed by atoms with Crippen LogP contribution in [0.3, 0.4) is 0 Å². The van der Waals surface area contributed by atoms with Crippen molar-refractivity contribution in [3.63, 3.8) is 0 Å². The van der Waals surface area contributed by atoms with Crippen LogP contribution in [0.15, 0.2) is 22.7 Å². The van der Waals surface area contributed by atoms with Gasteiger partial charge >= 0.3 is 0 Å². The van der Waals surface area contributed by atoms with Crippen LogP contribution in [0.25, 0.3) is 0 Å². The van der Waals surface area contributed by atoms with E-state index in [1.54, 1.807) is 0 Å². The fourth-order valence-electron chi connectivity index (χ4n) is 1.79. The van der Waals surface area contributed by atoms with Crippen molar-refractivity contribution in [2.24, 2.45) is 5.41 Å². The van der Waals surface area contributed by atoms with E-state index in [1.165, 1.54) is 0 Å². The zero-order valence-corrected chi connectivity index (χ0v) is 13.0. The summed E-state index contributed by atoms with van der Waals surface area (Å²) in [6.07, 6.45) is 0. The summed E-state index contributed by atoms with van der Waals surface area (Å²) in [6, 6.07) is 5.74. The molecule has 0 radical (unpaired) electrons. The summed E-state index contributed by atoms with van der Waals surface area (Å²) in [7, 11) is 1.92. The van der Waals surface area contributed by atoms with Crippen LogP contribution in [0.2, 0.25) is 0 Å². The lowest BCUT2D eigenvalue weighted by molar-refractivity contribution is 0.0936. The number of aryl methyl sites for hydroxylation is 1. The van der Waals surface area contributed by atoms with Crippen molar-refractivity contribution in [3.8, 4) is 0 Å². The number of rotatable bonds is 5. The first-order valence-electron chi connectivity index (χ1n) is 6.05. The minimum atomic E-state index is -0.0158. The third-order valence-corrected chi connectivity index (χ3v) is 3.32. The highest BCUT2D eigenvalue weighted by molar-refractivity contribution is 9.10. The first kappa shape index (κ1) is 15.2. The lowest BCUT2D eigenvalue weighted by atomic mass is 9.93. The van der Waals surface area contributed by atoms with Gasteiger partial charge in [0.25, 0.3) is 5.91 Å². The van der Waals surface area contributed by atoms with Crippen LogP contribution >= 0.6 is 15.9 Å². The SMILES string of the molecule is CNCC(C)(C)CNC(=O)c1cc(Br)ccc1C. The van der Waals surface area contributed by atoms with E-state index in [-0.39, 0.29) is 11.3 Å². The maximum atomic E-state index is 12.1. The highest BCUT2D eigenvalue weighted by atomic mass is 79.9. The molecule has 0 aliphatic rings. The summed E-state index contributed by atoms with van der Waals surface area (Å²) in [6.45, 7) is 7.71. The molecule has 100 valence electrons. The molecule has 0 aromatic heterocycles. The third kappa shape index (κ3) is 4.42. The lowest BCUT2D eigenvalue weighted by Gasteiger charge is -2.24. The molecule has 0 aliphatic carbocycles. The van der Waals surface area contributed by atoms with E-state index in [2.05, 4.69) is 40.4 Å². The number of carbonyl (C=O) groups excluding carboxylic acids is 1. The highest BCUT2D eigenvalue weighted by Gasteiger charge is 2.18. The lowest BCUT2D eigenvalue weighted by Crippen LogP contribution is -2.39. The summed E-state index contributed by atoms with van der Waals surface area (Å²) in [5, 5.41) is 6.13. The molecule has 0 saturated heterocycles. The molecule has 2 N–H and O–H groups in total. The maximum Gasteiger partial charge on any atom is 0.251 e. The van der Waals surface area contributed by atoms with E-state index in [0.29, 0.717) is 6.54 Å². The molecule has 1 amide bonds. The molecule has 1 rings (SSSR count). The predicted octanol–water partition coefficient (Wildman–Crippen LogP) is 2.73. The Bertz CT molecular complexity index is 430. The van der Waals surface area contributed by atoms with Gasteiger partial charge in [-0.3, -0.25) is 4.79 Å². The Hall–Kier alpha value is -0.870. The van der Waals surface area contributed by atoms with Gasteiger partial charge in [-0.05, 0) is 37.1 Å². The Kier molecular flexibility index (Phi) is 5.35. The largest absolute Gasteiger partial charge is 0.351 e. The summed E-state index contributed by atoms with van der Waals surface area (Å²) in [5.41, 5.74) is 1.76. The zero-order valence-electron chi connectivity index (χ0n) is 11.4. The number of amides is 1. The zero-order chi connectivity index (χ0) is 13.8. The average Bonchev–Trinajstić information content (AvgIpc) is 2.29. The molecule has 0 bridgehead atoms. The van der Waals surface area contributed by atoms with Gasteiger partial charge in [0.1, 0.15) is 0 Å². The van der Waals surface area contributed by atoms with E-state index in [0.717, 1.165) is 22.1 Å². The molecule has 1 aromatic rings. The van der Waals surface area contributed by atoms with Gasteiger partial charge in [0.15, 0.2) is 0 Å². The Morgan fingerprint density at radius 1 is 1.33 bits per heavy atom. The minimum Gasteiger partial charge on any atom is -0.351 e. The molecule has 0 saturated carbocycles. The third-order valence-electron chi connectivity index (χ3n) is 2.83. The standard InChI is InChI=1S/C14H21BrN2O/c1-10-5-6-11(15)7-12(10)13(18)17-9-14(2,3)8-16-4/h5-7,16H,8-9H2,1-4H3,(H,17,18). The van der Waals surface area contributed by atoms with Crippen LogP contribution in [0.4, 0.5) is 0 Å². The molecule has 18 heavy (non-hydrogen) atoms. The van der Waals surface area contributed by atoms with E-state index >= 15 is 0 Å². The second-order valence-corrected chi connectivity index (χ2v) is 6.25. The Labute approximate surface area is 117 Å². The van der Waals surface area contributed by atoms with Crippen molar-refractivity contribution in [1.29, 1.82) is 0 Å². The predicted molar refractivity (Wildman–Crippen MR) is 78.9 cm³/mol. The smallest absolute Gasteiger partial charge is 0.251 e. The Morgan fingerprint density at radius 2 is 2.00 bits per heavy atom. The molecule has 0 spiro atoms. The van der Waals surface area contributed by atoms with Crippen LogP contribution in [0.5, 0.6) is 0 Å². The number of halogens is 1. The van der Waals surface area contributed by atoms with Gasteiger partial charge in [-0.15, -0.1) is 0 Å². The van der Waals surface area contributed by atoms with Crippen LogP contribution in [0.1, 0.15) is 29.8 Å². The topological polar surface area (TPSA) is 41.1 Å². The summed E-state index contributed by atoms with van der Waals surface area (Å²) in [4.78, 5) is 12.1. The normalized spacial score (nSPS) is 11.4. The highest BCUT2D eigenvalue weighted by Crippen LogP contribution is 2.17. The Morgan fingerprint density at radius 3 is 2.61 bits per heavy atom. The van der Waals surface area contributed by atoms with Crippen molar-refractivity contribution in [2.75, 3.05) is 20.1 Å². The first-order valence-corrected chi connectivity index (χ1v) is 6.84. The second kappa shape index (κ2) is 6.34. The number of nitrogens with one attached hydrogen (secondary N) is 2. The van der Waals surface area contributed by atoms with Crippen molar-refractivity contribution in [3.05, 3.63) is 33.8 Å². The minimum absolute atomic E-state index is 0.0158. The first-order chi connectivity index (χ1) is 8.35. The van der Waals surface area contributed by atoms with Gasteiger partial charge in [-0.2, -0.15) is 0 Å². The molecule has 1 aromatic carbocycles. The van der Waals surface area contributed by atoms with Crippen molar-refractivity contribution in [1.82, 2.24) is 10.6 Å². The quantitative estimate of drug-likeness (QED) is 0.877. The summed E-state index contributed by atoms with van der Waals surface area (Å²) in [5.74, 6) is -0.0158. The van der Waals surface area contributed by atoms with Crippen molar-refractivity contribution >= 4 is 21.8 Å². The Balaban J connectivity index is 2.69. The van der Waals surface area contributed by atoms with Crippen molar-refractivity contribution in [2.45, 2.75) is 20.8 Å². The molecule has 0 unspecified atom stereocenters. The number of hydrogen-bond donors (Lipinski definition) is 2. The van der Waals surface area contributed by atoms with E-state index in [4.69, 9.17) is 0 Å². The van der Waals surface area contributed by atoms with Crippen LogP contribution in [0, 0.1) is 12.3 Å². The molecule has 0 fully saturated rings. The fraction of sp³-hybridized carbons (Fsp3) is 0.500. The summed E-state index contributed by atoms with van der Waals surface area (Å²) >= 11 is 3.39. The number of carbonyl (C=O) groups is 1. The molecule has 4 heteroatoms. The van der Waals surface area contributed by atoms with Crippen molar-refractivity contribution < 1.29 is 4.79 Å². The molecule has 0 heterocycles. The van der Waals surface area contributed by atoms with Crippen LogP contribution < -0.4 is 10.6 Å². The summed E-state index contributed by atoms with van der Waals surface area (Å²) < 4.78 is 0.924. The van der Waals surface area contributed by atoms with E-state index in [1.807, 2.05) is 32.2 Å². The fourth-order valence-corrected chi connectivity index (χ4v) is 2.16. The van der Waals surface area contributed by atoms with Gasteiger partial charge in [-0.25, -0.2) is 0 Å². The molecule has 0 aliphatic heterocycles. The van der Waals surface area contributed by atoms with Gasteiger partial charge in [0.05, 0.1) is 0 Å².